The first-order chi connectivity index (χ1) is 16.4. The summed E-state index contributed by atoms with van der Waals surface area (Å²) in [6.07, 6.45) is 1.64. The normalized spacial score (nSPS) is 15.9. The third-order valence-electron chi connectivity index (χ3n) is 5.38. The lowest BCUT2D eigenvalue weighted by atomic mass is 10.0. The van der Waals surface area contributed by atoms with Crippen molar-refractivity contribution in [1.82, 2.24) is 20.1 Å². The molecule has 0 aliphatic carbocycles. The average molecular weight is 502 g/mol. The first-order valence-electron chi connectivity index (χ1n) is 10.6. The van der Waals surface area contributed by atoms with Crippen LogP contribution in [0, 0.1) is 25.2 Å². The highest BCUT2D eigenvalue weighted by molar-refractivity contribution is 7.94. The van der Waals surface area contributed by atoms with Gasteiger partial charge in [-0.2, -0.15) is 5.10 Å². The molecule has 0 amide bonds. The molecule has 2 heterocycles. The van der Waals surface area contributed by atoms with Gasteiger partial charge in [-0.3, -0.25) is 14.5 Å². The molecule has 12 heteroatoms. The number of benzene rings is 2. The summed E-state index contributed by atoms with van der Waals surface area (Å²) in [5.41, 5.74) is 7.45. The number of anilines is 2. The van der Waals surface area contributed by atoms with E-state index in [-0.39, 0.29) is 12.5 Å². The quantitative estimate of drug-likeness (QED) is 0.113. The second-order valence-corrected chi connectivity index (χ2v) is 8.90. The number of carboxylic acids is 1. The van der Waals surface area contributed by atoms with Crippen molar-refractivity contribution in [3.05, 3.63) is 65.2 Å². The highest BCUT2D eigenvalue weighted by atomic mass is 32.2. The van der Waals surface area contributed by atoms with Crippen LogP contribution in [0.25, 0.3) is 5.69 Å². The molecule has 2 aromatic carbocycles. The predicted molar refractivity (Wildman–Crippen MR) is 132 cm³/mol. The average Bonchev–Trinajstić information content (AvgIpc) is 3.24. The number of aliphatic carboxylic acids is 1. The minimum Gasteiger partial charge on any atom is -0.481 e. The number of piperazine rings is 1. The van der Waals surface area contributed by atoms with Crippen LogP contribution < -0.4 is 15.7 Å². The highest BCUT2D eigenvalue weighted by Gasteiger charge is 2.25. The Kier molecular flexibility index (Phi) is 7.85. The van der Waals surface area contributed by atoms with Gasteiger partial charge >= 0.3 is 5.97 Å². The van der Waals surface area contributed by atoms with E-state index in [0.717, 1.165) is 46.0 Å². The number of H-pyrrole nitrogens is 1. The molecular formula is C22H25N6O4S2. The van der Waals surface area contributed by atoms with E-state index in [1.165, 1.54) is 0 Å². The van der Waals surface area contributed by atoms with Gasteiger partial charge in [-0.05, 0) is 61.5 Å². The van der Waals surface area contributed by atoms with Gasteiger partial charge in [0, 0.05) is 29.7 Å². The van der Waals surface area contributed by atoms with Crippen LogP contribution in [0.1, 0.15) is 17.5 Å². The first-order valence-corrected chi connectivity index (χ1v) is 11.7. The standard InChI is InChI=1S/C22H25N6O4S2/c1-14-6-7-19(15(2)21(14)27-9-8-23-17(12-27)11-20(29)30)34-32-31-26-16-4-3-5-18(10-16)28-13-24-25-22(28)33/h3-7,10,12-13,17,23,26H,8-9,11H2,1-2H3,(H,25,33)(H,29,30). The number of aromatic nitrogens is 3. The zero-order valence-corrected chi connectivity index (χ0v) is 20.3. The topological polar surface area (TPSA) is 117 Å². The molecule has 0 bridgehead atoms. The Bertz CT molecular complexity index is 1210. The molecule has 179 valence electrons. The van der Waals surface area contributed by atoms with Crippen LogP contribution in [-0.2, 0) is 14.1 Å². The lowest BCUT2D eigenvalue weighted by molar-refractivity contribution is -0.161. The number of nitrogens with one attached hydrogen (secondary N) is 3. The van der Waals surface area contributed by atoms with Gasteiger partial charge < -0.3 is 15.3 Å². The molecule has 1 saturated heterocycles. The van der Waals surface area contributed by atoms with Crippen molar-refractivity contribution in [3.8, 4) is 5.69 Å². The van der Waals surface area contributed by atoms with Crippen molar-refractivity contribution in [2.45, 2.75) is 31.2 Å². The molecular weight excluding hydrogens is 476 g/mol. The molecule has 4 rings (SSSR count). The number of hydrogen-bond donors (Lipinski definition) is 4. The molecule has 1 atom stereocenters. The van der Waals surface area contributed by atoms with E-state index in [1.807, 2.05) is 56.8 Å². The van der Waals surface area contributed by atoms with Crippen LogP contribution >= 0.6 is 24.3 Å². The SMILES string of the molecule is Cc1ccc(SOONc2cccc(-n3cn[nH]c3=S)c2)c(C)c1N1[CH]C(CC(=O)O)NCC1. The number of nitrogens with zero attached hydrogens (tertiary/aromatic N) is 3. The molecule has 1 aliphatic heterocycles. The van der Waals surface area contributed by atoms with Gasteiger partial charge in [-0.15, -0.1) is 9.32 Å². The van der Waals surface area contributed by atoms with Gasteiger partial charge in [0.15, 0.2) is 4.77 Å². The Labute approximate surface area is 206 Å². The van der Waals surface area contributed by atoms with Crippen LogP contribution in [0.5, 0.6) is 0 Å². The fraction of sp³-hybridized carbons (Fsp3) is 0.273. The molecule has 34 heavy (non-hydrogen) atoms. The van der Waals surface area contributed by atoms with Crippen LogP contribution in [0.15, 0.2) is 47.6 Å². The maximum atomic E-state index is 11.1. The summed E-state index contributed by atoms with van der Waals surface area (Å²) >= 11 is 6.30. The van der Waals surface area contributed by atoms with E-state index < -0.39 is 5.97 Å². The van der Waals surface area contributed by atoms with E-state index in [1.54, 1.807) is 10.9 Å². The molecule has 10 nitrogen and oxygen atoms in total. The minimum atomic E-state index is -0.829. The maximum Gasteiger partial charge on any atom is 0.305 e. The smallest absolute Gasteiger partial charge is 0.305 e. The lowest BCUT2D eigenvalue weighted by Crippen LogP contribution is -2.48. The molecule has 1 aliphatic rings. The highest BCUT2D eigenvalue weighted by Crippen LogP contribution is 2.35. The Morgan fingerprint density at radius 1 is 1.35 bits per heavy atom. The van der Waals surface area contributed by atoms with Crippen molar-refractivity contribution in [1.29, 1.82) is 0 Å². The van der Waals surface area contributed by atoms with E-state index in [2.05, 4.69) is 25.9 Å². The fourth-order valence-corrected chi connectivity index (χ4v) is 4.53. The molecule has 0 saturated carbocycles. The van der Waals surface area contributed by atoms with Crippen molar-refractivity contribution < 1.29 is 19.2 Å². The van der Waals surface area contributed by atoms with Gasteiger partial charge in [0.2, 0.25) is 0 Å². The summed E-state index contributed by atoms with van der Waals surface area (Å²) in [4.78, 5) is 19.3. The number of aromatic amines is 1. The second-order valence-electron chi connectivity index (χ2n) is 7.77. The Morgan fingerprint density at radius 3 is 2.97 bits per heavy atom. The third kappa shape index (κ3) is 5.77. The Morgan fingerprint density at radius 2 is 2.21 bits per heavy atom. The van der Waals surface area contributed by atoms with E-state index in [4.69, 9.17) is 26.6 Å². The minimum absolute atomic E-state index is 0.0414. The summed E-state index contributed by atoms with van der Waals surface area (Å²) < 4.78 is 7.59. The summed E-state index contributed by atoms with van der Waals surface area (Å²) in [6.45, 7) is 7.46. The van der Waals surface area contributed by atoms with Crippen LogP contribution in [0.2, 0.25) is 0 Å². The zero-order chi connectivity index (χ0) is 24.1. The number of aryl methyl sites for hydroxylation is 1. The molecule has 1 unspecified atom stereocenters. The lowest BCUT2D eigenvalue weighted by Gasteiger charge is -2.36. The summed E-state index contributed by atoms with van der Waals surface area (Å²) in [5, 5.41) is 19.0. The van der Waals surface area contributed by atoms with Gasteiger partial charge in [0.25, 0.3) is 0 Å². The number of carbonyl (C=O) groups is 1. The van der Waals surface area contributed by atoms with Gasteiger partial charge in [0.1, 0.15) is 6.33 Å². The van der Waals surface area contributed by atoms with Crippen molar-refractivity contribution >= 4 is 41.6 Å². The van der Waals surface area contributed by atoms with Crippen LogP contribution in [0.4, 0.5) is 11.4 Å². The Balaban J connectivity index is 1.37. The van der Waals surface area contributed by atoms with Crippen LogP contribution in [0.3, 0.4) is 0 Å². The van der Waals surface area contributed by atoms with Crippen LogP contribution in [-0.4, -0.2) is 45.0 Å². The number of carboxylic acid groups (broad SMARTS) is 1. The van der Waals surface area contributed by atoms with Crippen molar-refractivity contribution in [2.24, 2.45) is 0 Å². The third-order valence-corrected chi connectivity index (χ3v) is 6.42. The number of hydrogen-bond acceptors (Lipinski definition) is 9. The van der Waals surface area contributed by atoms with Gasteiger partial charge in [0.05, 0.1) is 36.4 Å². The monoisotopic (exact) mass is 501 g/mol. The van der Waals surface area contributed by atoms with Gasteiger partial charge in [-0.25, -0.2) is 5.48 Å². The van der Waals surface area contributed by atoms with Gasteiger partial charge in [-0.1, -0.05) is 12.1 Å². The maximum absolute atomic E-state index is 11.1. The molecule has 4 N–H and O–H groups in total. The fourth-order valence-electron chi connectivity index (χ4n) is 3.83. The van der Waals surface area contributed by atoms with Crippen molar-refractivity contribution in [3.63, 3.8) is 0 Å². The molecule has 1 aromatic heterocycles. The van der Waals surface area contributed by atoms with Crippen molar-refractivity contribution in [2.75, 3.05) is 23.5 Å². The molecule has 0 spiro atoms. The second kappa shape index (κ2) is 11.0. The summed E-state index contributed by atoms with van der Waals surface area (Å²) in [7, 11) is 0. The summed E-state index contributed by atoms with van der Waals surface area (Å²) in [6, 6.07) is 11.2. The number of rotatable bonds is 9. The summed E-state index contributed by atoms with van der Waals surface area (Å²) in [5.74, 6) is -0.829. The largest absolute Gasteiger partial charge is 0.481 e. The zero-order valence-electron chi connectivity index (χ0n) is 18.6. The molecule has 1 fully saturated rings. The van der Waals surface area contributed by atoms with E-state index in [9.17, 15) is 4.79 Å². The predicted octanol–water partition coefficient (Wildman–Crippen LogP) is 3.94. The molecule has 1 radical (unpaired) electrons. The Hall–Kier alpha value is -2.90. The molecule has 3 aromatic rings. The first kappa shape index (κ1) is 24.2. The van der Waals surface area contributed by atoms with E-state index in [0.29, 0.717) is 17.0 Å². The van der Waals surface area contributed by atoms with E-state index >= 15 is 0 Å².